The minimum absolute atomic E-state index is 0.192. The highest BCUT2D eigenvalue weighted by molar-refractivity contribution is 5.70. The van der Waals surface area contributed by atoms with Crippen LogP contribution >= 0.6 is 0 Å². The van der Waals surface area contributed by atoms with Crippen LogP contribution in [0.5, 0.6) is 0 Å². The van der Waals surface area contributed by atoms with Crippen LogP contribution in [-0.4, -0.2) is 42.2 Å². The molecule has 4 nitrogen and oxygen atoms in total. The summed E-state index contributed by atoms with van der Waals surface area (Å²) in [6.45, 7) is 4.66. The Labute approximate surface area is 167 Å². The van der Waals surface area contributed by atoms with Crippen molar-refractivity contribution in [2.45, 2.75) is 38.6 Å². The predicted molar refractivity (Wildman–Crippen MR) is 113 cm³/mol. The standard InChI is InChI=1S/C24H30N2O2/c27-24(28)22-10-5-14-25(17-22)15-6-16-26-18-21-9-2-1-7-19(21)12-13-20-8-3-4-11-23(20)26/h1-4,7-9,11,22H,5-6,10,12-18H2,(H,27,28)/t22-/m1/s1. The number of carboxylic acids is 1. The molecule has 2 aliphatic heterocycles. The van der Waals surface area contributed by atoms with Gasteiger partial charge in [0.2, 0.25) is 0 Å². The summed E-state index contributed by atoms with van der Waals surface area (Å²) in [5, 5.41) is 9.31. The van der Waals surface area contributed by atoms with E-state index in [1.165, 1.54) is 22.4 Å². The van der Waals surface area contributed by atoms with Crippen LogP contribution in [0.25, 0.3) is 0 Å². The summed E-state index contributed by atoms with van der Waals surface area (Å²) in [5.74, 6) is -0.831. The lowest BCUT2D eigenvalue weighted by molar-refractivity contribution is -0.143. The number of likely N-dealkylation sites (tertiary alicyclic amines) is 1. The maximum Gasteiger partial charge on any atom is 0.307 e. The van der Waals surface area contributed by atoms with E-state index < -0.39 is 5.97 Å². The van der Waals surface area contributed by atoms with E-state index in [0.717, 1.165) is 58.3 Å². The Morgan fingerprint density at radius 3 is 2.50 bits per heavy atom. The number of hydrogen-bond acceptors (Lipinski definition) is 3. The molecule has 0 radical (unpaired) electrons. The summed E-state index contributed by atoms with van der Waals surface area (Å²) < 4.78 is 0. The van der Waals surface area contributed by atoms with E-state index in [2.05, 4.69) is 58.3 Å². The van der Waals surface area contributed by atoms with Gasteiger partial charge < -0.3 is 14.9 Å². The molecule has 0 saturated carbocycles. The first-order chi connectivity index (χ1) is 13.7. The van der Waals surface area contributed by atoms with Gasteiger partial charge in [0, 0.05) is 25.3 Å². The number of fused-ring (bicyclic) bond motifs is 2. The molecule has 0 bridgehead atoms. The lowest BCUT2D eigenvalue weighted by Gasteiger charge is -2.33. The van der Waals surface area contributed by atoms with Crippen molar-refractivity contribution in [3.8, 4) is 0 Å². The molecule has 28 heavy (non-hydrogen) atoms. The number of aliphatic carboxylic acids is 1. The zero-order valence-corrected chi connectivity index (χ0v) is 16.5. The van der Waals surface area contributed by atoms with Crippen LogP contribution in [-0.2, 0) is 24.2 Å². The van der Waals surface area contributed by atoms with E-state index in [1.54, 1.807) is 0 Å². The molecular formula is C24H30N2O2. The number of benzene rings is 2. The molecule has 0 aliphatic carbocycles. The molecule has 0 spiro atoms. The van der Waals surface area contributed by atoms with E-state index in [-0.39, 0.29) is 5.92 Å². The number of carbonyl (C=O) groups is 1. The molecular weight excluding hydrogens is 348 g/mol. The van der Waals surface area contributed by atoms with Crippen LogP contribution in [0.1, 0.15) is 36.0 Å². The lowest BCUT2D eigenvalue weighted by Crippen LogP contribution is -2.40. The third kappa shape index (κ3) is 4.39. The van der Waals surface area contributed by atoms with Gasteiger partial charge in [-0.3, -0.25) is 4.79 Å². The summed E-state index contributed by atoms with van der Waals surface area (Å²) in [7, 11) is 0. The third-order valence-electron chi connectivity index (χ3n) is 6.23. The second kappa shape index (κ2) is 8.78. The molecule has 1 atom stereocenters. The fourth-order valence-corrected chi connectivity index (χ4v) is 4.69. The largest absolute Gasteiger partial charge is 0.481 e. The fourth-order valence-electron chi connectivity index (χ4n) is 4.69. The van der Waals surface area contributed by atoms with Crippen LogP contribution in [0.15, 0.2) is 48.5 Å². The van der Waals surface area contributed by atoms with Crippen molar-refractivity contribution in [1.82, 2.24) is 4.90 Å². The van der Waals surface area contributed by atoms with Crippen molar-refractivity contribution in [3.63, 3.8) is 0 Å². The highest BCUT2D eigenvalue weighted by atomic mass is 16.4. The zero-order valence-electron chi connectivity index (χ0n) is 16.5. The maximum absolute atomic E-state index is 11.3. The van der Waals surface area contributed by atoms with Crippen LogP contribution < -0.4 is 4.90 Å². The zero-order chi connectivity index (χ0) is 19.3. The number of rotatable bonds is 5. The molecule has 0 aromatic heterocycles. The van der Waals surface area contributed by atoms with Gasteiger partial charge in [0.15, 0.2) is 0 Å². The topological polar surface area (TPSA) is 43.8 Å². The van der Waals surface area contributed by atoms with E-state index in [4.69, 9.17) is 0 Å². The summed E-state index contributed by atoms with van der Waals surface area (Å²) in [6, 6.07) is 17.6. The Balaban J connectivity index is 1.44. The molecule has 2 aromatic carbocycles. The first-order valence-electron chi connectivity index (χ1n) is 10.6. The van der Waals surface area contributed by atoms with Crippen molar-refractivity contribution in [1.29, 1.82) is 0 Å². The number of anilines is 1. The Morgan fingerprint density at radius 1 is 0.964 bits per heavy atom. The number of para-hydroxylation sites is 1. The van der Waals surface area contributed by atoms with E-state index in [9.17, 15) is 9.90 Å². The molecule has 148 valence electrons. The number of hydrogen-bond donors (Lipinski definition) is 1. The summed E-state index contributed by atoms with van der Waals surface area (Å²) >= 11 is 0. The molecule has 4 rings (SSSR count). The second-order valence-electron chi connectivity index (χ2n) is 8.15. The Kier molecular flexibility index (Phi) is 5.96. The number of piperidine rings is 1. The molecule has 2 aromatic rings. The van der Waals surface area contributed by atoms with Crippen molar-refractivity contribution < 1.29 is 9.90 Å². The lowest BCUT2D eigenvalue weighted by atomic mass is 9.95. The molecule has 0 unspecified atom stereocenters. The van der Waals surface area contributed by atoms with Crippen LogP contribution in [0.3, 0.4) is 0 Å². The van der Waals surface area contributed by atoms with E-state index >= 15 is 0 Å². The average molecular weight is 379 g/mol. The highest BCUT2D eigenvalue weighted by Crippen LogP contribution is 2.28. The Morgan fingerprint density at radius 2 is 1.68 bits per heavy atom. The monoisotopic (exact) mass is 378 g/mol. The average Bonchev–Trinajstić information content (AvgIpc) is 2.71. The molecule has 2 aliphatic rings. The number of carboxylic acid groups (broad SMARTS) is 1. The van der Waals surface area contributed by atoms with Crippen LogP contribution in [0, 0.1) is 5.92 Å². The maximum atomic E-state index is 11.3. The van der Waals surface area contributed by atoms with Crippen LogP contribution in [0.4, 0.5) is 5.69 Å². The van der Waals surface area contributed by atoms with Gasteiger partial charge >= 0.3 is 5.97 Å². The fraction of sp³-hybridized carbons (Fsp3) is 0.458. The first-order valence-corrected chi connectivity index (χ1v) is 10.6. The summed E-state index contributed by atoms with van der Waals surface area (Å²) in [4.78, 5) is 16.2. The smallest absolute Gasteiger partial charge is 0.307 e. The van der Waals surface area contributed by atoms with Crippen LogP contribution in [0.2, 0.25) is 0 Å². The molecule has 0 amide bonds. The van der Waals surface area contributed by atoms with Gasteiger partial charge in [0.25, 0.3) is 0 Å². The quantitative estimate of drug-likeness (QED) is 0.855. The van der Waals surface area contributed by atoms with Crippen molar-refractivity contribution in [2.24, 2.45) is 5.92 Å². The molecule has 2 heterocycles. The van der Waals surface area contributed by atoms with Gasteiger partial charge in [-0.15, -0.1) is 0 Å². The molecule has 4 heteroatoms. The van der Waals surface area contributed by atoms with Gasteiger partial charge in [-0.05, 0) is 68.0 Å². The van der Waals surface area contributed by atoms with Gasteiger partial charge in [0.1, 0.15) is 0 Å². The van der Waals surface area contributed by atoms with Crippen molar-refractivity contribution in [2.75, 3.05) is 31.1 Å². The minimum atomic E-state index is -0.640. The Hall–Kier alpha value is -2.33. The van der Waals surface area contributed by atoms with Gasteiger partial charge in [-0.2, -0.15) is 0 Å². The van der Waals surface area contributed by atoms with Crippen molar-refractivity contribution >= 4 is 11.7 Å². The van der Waals surface area contributed by atoms with E-state index in [0.29, 0.717) is 6.54 Å². The minimum Gasteiger partial charge on any atom is -0.481 e. The van der Waals surface area contributed by atoms with Crippen molar-refractivity contribution in [3.05, 3.63) is 65.2 Å². The highest BCUT2D eigenvalue weighted by Gasteiger charge is 2.25. The van der Waals surface area contributed by atoms with Gasteiger partial charge in [-0.1, -0.05) is 42.5 Å². The molecule has 1 N–H and O–H groups in total. The third-order valence-corrected chi connectivity index (χ3v) is 6.23. The Bertz CT molecular complexity index is 820. The summed E-state index contributed by atoms with van der Waals surface area (Å²) in [6.07, 6.45) is 5.06. The summed E-state index contributed by atoms with van der Waals surface area (Å²) in [5.41, 5.74) is 5.68. The number of nitrogens with zero attached hydrogens (tertiary/aromatic N) is 2. The molecule has 1 fully saturated rings. The first kappa shape index (κ1) is 19.0. The SMILES string of the molecule is O=C(O)[C@@H]1CCCN(CCCN2Cc3ccccc3CCc3ccccc32)C1. The molecule has 1 saturated heterocycles. The van der Waals surface area contributed by atoms with Gasteiger partial charge in [-0.25, -0.2) is 0 Å². The number of aryl methyl sites for hydroxylation is 2. The normalized spacial score (nSPS) is 20.0. The second-order valence-corrected chi connectivity index (χ2v) is 8.15. The van der Waals surface area contributed by atoms with E-state index in [1.807, 2.05) is 0 Å². The van der Waals surface area contributed by atoms with Gasteiger partial charge in [0.05, 0.1) is 5.92 Å². The predicted octanol–water partition coefficient (Wildman–Crippen LogP) is 3.98.